The van der Waals surface area contributed by atoms with Gasteiger partial charge in [-0.1, -0.05) is 67.9 Å². The van der Waals surface area contributed by atoms with Gasteiger partial charge in [0, 0.05) is 0 Å². The van der Waals surface area contributed by atoms with Gasteiger partial charge in [-0.25, -0.2) is 0 Å². The van der Waals surface area contributed by atoms with Gasteiger partial charge in [0.05, 0.1) is 6.04 Å². The zero-order valence-corrected chi connectivity index (χ0v) is 11.9. The van der Waals surface area contributed by atoms with Gasteiger partial charge in [-0.15, -0.1) is 0 Å². The molecule has 100 valence electrons. The average molecular weight is 253 g/mol. The number of hydrogen-bond donors (Lipinski definition) is 1. The van der Waals surface area contributed by atoms with Gasteiger partial charge in [-0.05, 0) is 36.6 Å². The second-order valence-corrected chi connectivity index (χ2v) is 4.98. The lowest BCUT2D eigenvalue weighted by Crippen LogP contribution is -2.17. The molecule has 0 aliphatic heterocycles. The maximum Gasteiger partial charge on any atom is 0.0574 e. The first-order chi connectivity index (χ1) is 9.35. The van der Waals surface area contributed by atoms with Gasteiger partial charge >= 0.3 is 0 Å². The van der Waals surface area contributed by atoms with E-state index in [4.69, 9.17) is 0 Å². The lowest BCUT2D eigenvalue weighted by atomic mass is 9.97. The van der Waals surface area contributed by atoms with E-state index in [2.05, 4.69) is 66.8 Å². The van der Waals surface area contributed by atoms with Gasteiger partial charge in [0.1, 0.15) is 0 Å². The summed E-state index contributed by atoms with van der Waals surface area (Å²) >= 11 is 0. The normalized spacial score (nSPS) is 12.3. The van der Waals surface area contributed by atoms with Gasteiger partial charge < -0.3 is 5.32 Å². The summed E-state index contributed by atoms with van der Waals surface area (Å²) in [5.41, 5.74) is 4.08. The zero-order valence-electron chi connectivity index (χ0n) is 11.9. The predicted molar refractivity (Wildman–Crippen MR) is 82.4 cm³/mol. The van der Waals surface area contributed by atoms with E-state index >= 15 is 0 Å². The molecule has 1 N–H and O–H groups in total. The van der Waals surface area contributed by atoms with E-state index in [1.54, 1.807) is 0 Å². The molecule has 2 rings (SSSR count). The molecule has 2 aromatic carbocycles. The lowest BCUT2D eigenvalue weighted by Gasteiger charge is -2.17. The van der Waals surface area contributed by atoms with Crippen LogP contribution in [0.4, 0.5) is 0 Å². The number of unbranched alkanes of at least 4 members (excludes halogenated alkanes) is 1. The van der Waals surface area contributed by atoms with Crippen LogP contribution in [0.3, 0.4) is 0 Å². The summed E-state index contributed by atoms with van der Waals surface area (Å²) < 4.78 is 0. The molecule has 0 aliphatic carbocycles. The van der Waals surface area contributed by atoms with Gasteiger partial charge in [0.2, 0.25) is 0 Å². The molecule has 0 saturated carbocycles. The van der Waals surface area contributed by atoms with Crippen molar-refractivity contribution in [2.45, 2.75) is 32.2 Å². The molecule has 0 radical (unpaired) electrons. The van der Waals surface area contributed by atoms with Crippen LogP contribution in [0.1, 0.15) is 42.5 Å². The van der Waals surface area contributed by atoms with Gasteiger partial charge in [-0.2, -0.15) is 0 Å². The Hall–Kier alpha value is -1.60. The van der Waals surface area contributed by atoms with Crippen molar-refractivity contribution in [3.05, 3.63) is 71.3 Å². The Morgan fingerprint density at radius 2 is 1.53 bits per heavy atom. The summed E-state index contributed by atoms with van der Waals surface area (Å²) in [5, 5.41) is 3.40. The minimum Gasteiger partial charge on any atom is -0.309 e. The van der Waals surface area contributed by atoms with Crippen molar-refractivity contribution in [2.75, 3.05) is 7.05 Å². The molecule has 0 spiro atoms. The first-order valence-corrected chi connectivity index (χ1v) is 7.16. The molecule has 1 heteroatoms. The molecular formula is C18H23N. The third kappa shape index (κ3) is 3.68. The molecular weight excluding hydrogens is 230 g/mol. The molecule has 1 atom stereocenters. The highest BCUT2D eigenvalue weighted by Gasteiger charge is 2.10. The summed E-state index contributed by atoms with van der Waals surface area (Å²) in [5.74, 6) is 0. The molecule has 0 bridgehead atoms. The van der Waals surface area contributed by atoms with Crippen LogP contribution >= 0.6 is 0 Å². The number of benzene rings is 2. The van der Waals surface area contributed by atoms with E-state index in [1.165, 1.54) is 36.0 Å². The van der Waals surface area contributed by atoms with E-state index in [1.807, 2.05) is 7.05 Å². The van der Waals surface area contributed by atoms with E-state index < -0.39 is 0 Å². The molecule has 0 heterocycles. The minimum atomic E-state index is 0.279. The van der Waals surface area contributed by atoms with Gasteiger partial charge in [0.25, 0.3) is 0 Å². The summed E-state index contributed by atoms with van der Waals surface area (Å²) in [6.07, 6.45) is 3.71. The van der Waals surface area contributed by atoms with Crippen LogP contribution in [0.5, 0.6) is 0 Å². The van der Waals surface area contributed by atoms with Gasteiger partial charge in [0.15, 0.2) is 0 Å². The molecule has 0 aromatic heterocycles. The van der Waals surface area contributed by atoms with Crippen LogP contribution in [0.2, 0.25) is 0 Å². The van der Waals surface area contributed by atoms with Crippen LogP contribution in [-0.2, 0) is 6.42 Å². The summed E-state index contributed by atoms with van der Waals surface area (Å²) in [4.78, 5) is 0. The Morgan fingerprint density at radius 1 is 0.895 bits per heavy atom. The topological polar surface area (TPSA) is 12.0 Å². The molecule has 1 nitrogen and oxygen atoms in total. The van der Waals surface area contributed by atoms with Crippen molar-refractivity contribution in [1.82, 2.24) is 5.32 Å². The fraction of sp³-hybridized carbons (Fsp3) is 0.333. The predicted octanol–water partition coefficient (Wildman–Crippen LogP) is 4.34. The highest BCUT2D eigenvalue weighted by molar-refractivity contribution is 5.33. The fourth-order valence-corrected chi connectivity index (χ4v) is 2.43. The molecule has 0 amide bonds. The number of aryl methyl sites for hydroxylation is 1. The Morgan fingerprint density at radius 3 is 2.11 bits per heavy atom. The van der Waals surface area contributed by atoms with Crippen molar-refractivity contribution < 1.29 is 0 Å². The van der Waals surface area contributed by atoms with Crippen LogP contribution in [-0.4, -0.2) is 7.05 Å². The highest BCUT2D eigenvalue weighted by atomic mass is 14.9. The van der Waals surface area contributed by atoms with Crippen LogP contribution in [0.15, 0.2) is 54.6 Å². The molecule has 19 heavy (non-hydrogen) atoms. The average Bonchev–Trinajstić information content (AvgIpc) is 2.48. The van der Waals surface area contributed by atoms with E-state index in [9.17, 15) is 0 Å². The number of hydrogen-bond acceptors (Lipinski definition) is 1. The maximum absolute atomic E-state index is 3.40. The van der Waals surface area contributed by atoms with Crippen LogP contribution < -0.4 is 5.32 Å². The van der Waals surface area contributed by atoms with Crippen LogP contribution in [0.25, 0.3) is 0 Å². The molecule has 2 aromatic rings. The standard InChI is InChI=1S/C18H23N/c1-3-4-8-15-11-13-17(14-12-15)18(19-2)16-9-6-5-7-10-16/h5-7,9-14,18-19H,3-4,8H2,1-2H3. The third-order valence-corrected chi connectivity index (χ3v) is 3.55. The first kappa shape index (κ1) is 13.8. The monoisotopic (exact) mass is 253 g/mol. The van der Waals surface area contributed by atoms with Crippen molar-refractivity contribution in [3.8, 4) is 0 Å². The van der Waals surface area contributed by atoms with Gasteiger partial charge in [-0.3, -0.25) is 0 Å². The second-order valence-electron chi connectivity index (χ2n) is 4.98. The zero-order chi connectivity index (χ0) is 13.5. The summed E-state index contributed by atoms with van der Waals surface area (Å²) in [6.45, 7) is 2.24. The molecule has 1 unspecified atom stereocenters. The van der Waals surface area contributed by atoms with Crippen molar-refractivity contribution in [1.29, 1.82) is 0 Å². The minimum absolute atomic E-state index is 0.279. The Bertz CT molecular complexity index is 473. The fourth-order valence-electron chi connectivity index (χ4n) is 2.43. The van der Waals surface area contributed by atoms with E-state index in [0.717, 1.165) is 0 Å². The molecule has 0 aliphatic rings. The molecule has 0 saturated heterocycles. The highest BCUT2D eigenvalue weighted by Crippen LogP contribution is 2.22. The summed E-state index contributed by atoms with van der Waals surface area (Å²) in [6, 6.07) is 19.9. The number of nitrogens with one attached hydrogen (secondary N) is 1. The Labute approximate surface area is 116 Å². The maximum atomic E-state index is 3.40. The van der Waals surface area contributed by atoms with Crippen LogP contribution in [0, 0.1) is 0 Å². The van der Waals surface area contributed by atoms with Crippen molar-refractivity contribution >= 4 is 0 Å². The van der Waals surface area contributed by atoms with E-state index in [-0.39, 0.29) is 6.04 Å². The van der Waals surface area contributed by atoms with Crippen molar-refractivity contribution in [2.24, 2.45) is 0 Å². The Balaban J connectivity index is 2.15. The second kappa shape index (κ2) is 7.10. The summed E-state index contributed by atoms with van der Waals surface area (Å²) in [7, 11) is 2.02. The first-order valence-electron chi connectivity index (χ1n) is 7.16. The quantitative estimate of drug-likeness (QED) is 0.807. The van der Waals surface area contributed by atoms with Crippen molar-refractivity contribution in [3.63, 3.8) is 0 Å². The van der Waals surface area contributed by atoms with E-state index in [0.29, 0.717) is 0 Å². The lowest BCUT2D eigenvalue weighted by molar-refractivity contribution is 0.691. The third-order valence-electron chi connectivity index (χ3n) is 3.55. The largest absolute Gasteiger partial charge is 0.309 e. The smallest absolute Gasteiger partial charge is 0.0574 e. The SMILES string of the molecule is CCCCc1ccc(C(NC)c2ccccc2)cc1. The Kier molecular flexibility index (Phi) is 5.17. The number of rotatable bonds is 6. The molecule has 0 fully saturated rings.